The molecule has 2 saturated carbocycles. The Morgan fingerprint density at radius 1 is 1.16 bits per heavy atom. The maximum atomic E-state index is 12.7. The first-order chi connectivity index (χ1) is 14.7. The number of rotatable bonds is 6. The van der Waals surface area contributed by atoms with Crippen LogP contribution in [-0.4, -0.2) is 43.4 Å². The van der Waals surface area contributed by atoms with Crippen LogP contribution >= 0.6 is 0 Å². The van der Waals surface area contributed by atoms with Gasteiger partial charge in [0.05, 0.1) is 0 Å². The van der Waals surface area contributed by atoms with Crippen LogP contribution in [-0.2, 0) is 4.79 Å². The van der Waals surface area contributed by atoms with E-state index in [4.69, 9.17) is 0 Å². The summed E-state index contributed by atoms with van der Waals surface area (Å²) >= 11 is 0. The van der Waals surface area contributed by atoms with Crippen LogP contribution < -0.4 is 20.7 Å². The summed E-state index contributed by atoms with van der Waals surface area (Å²) in [7, 11) is 1.67. The Balaban J connectivity index is 1.55. The molecule has 172 valence electrons. The second-order valence-electron chi connectivity index (χ2n) is 8.62. The van der Waals surface area contributed by atoms with Crippen LogP contribution in [0.3, 0.4) is 0 Å². The van der Waals surface area contributed by atoms with Crippen molar-refractivity contribution < 1.29 is 22.7 Å². The van der Waals surface area contributed by atoms with Crippen molar-refractivity contribution in [3.8, 4) is 5.75 Å². The molecule has 1 aromatic rings. The van der Waals surface area contributed by atoms with Gasteiger partial charge in [-0.3, -0.25) is 9.79 Å². The highest BCUT2D eigenvalue weighted by Gasteiger charge is 2.42. The normalized spacial score (nSPS) is 26.4. The number of ether oxygens (including phenoxy) is 1. The molecule has 1 amide bonds. The highest BCUT2D eigenvalue weighted by atomic mass is 19.4. The summed E-state index contributed by atoms with van der Waals surface area (Å²) in [5.41, 5.74) is 0.538. The Morgan fingerprint density at radius 3 is 2.58 bits per heavy atom. The molecular formula is C22H31F3N4O2. The molecule has 0 aliphatic heterocycles. The number of hydrogen-bond acceptors (Lipinski definition) is 3. The zero-order chi connectivity index (χ0) is 22.6. The molecule has 9 heteroatoms. The average molecular weight is 441 g/mol. The van der Waals surface area contributed by atoms with Gasteiger partial charge in [0.15, 0.2) is 5.96 Å². The van der Waals surface area contributed by atoms with E-state index in [0.717, 1.165) is 25.7 Å². The van der Waals surface area contributed by atoms with E-state index in [-0.39, 0.29) is 41.6 Å². The van der Waals surface area contributed by atoms with Crippen molar-refractivity contribution in [1.29, 1.82) is 0 Å². The highest BCUT2D eigenvalue weighted by Crippen LogP contribution is 2.45. The smallest absolute Gasteiger partial charge is 0.405 e. The number of amides is 1. The van der Waals surface area contributed by atoms with Gasteiger partial charge >= 0.3 is 6.36 Å². The highest BCUT2D eigenvalue weighted by molar-refractivity contribution is 5.81. The SMILES string of the molecule is CN=C(NC1CCCC(C(=O)NC(C)C)C1)NC1CC1c1ccccc1OC(F)(F)F. The third-order valence-corrected chi connectivity index (χ3v) is 5.70. The quantitative estimate of drug-likeness (QED) is 0.466. The third-order valence-electron chi connectivity index (χ3n) is 5.70. The van der Waals surface area contributed by atoms with Gasteiger partial charge < -0.3 is 20.7 Å². The molecule has 0 spiro atoms. The number of hydrogen-bond donors (Lipinski definition) is 3. The lowest BCUT2D eigenvalue weighted by atomic mass is 9.85. The predicted octanol–water partition coefficient (Wildman–Crippen LogP) is 3.69. The minimum Gasteiger partial charge on any atom is -0.405 e. The van der Waals surface area contributed by atoms with Gasteiger partial charge in [0.1, 0.15) is 5.75 Å². The van der Waals surface area contributed by atoms with Crippen molar-refractivity contribution in [1.82, 2.24) is 16.0 Å². The van der Waals surface area contributed by atoms with E-state index >= 15 is 0 Å². The van der Waals surface area contributed by atoms with Gasteiger partial charge in [0.2, 0.25) is 5.91 Å². The Morgan fingerprint density at radius 2 is 1.90 bits per heavy atom. The molecule has 0 radical (unpaired) electrons. The van der Waals surface area contributed by atoms with E-state index in [0.29, 0.717) is 17.9 Å². The molecule has 1 aromatic carbocycles. The molecule has 0 saturated heterocycles. The molecule has 4 atom stereocenters. The monoisotopic (exact) mass is 440 g/mol. The van der Waals surface area contributed by atoms with Crippen LogP contribution in [0.25, 0.3) is 0 Å². The number of para-hydroxylation sites is 1. The maximum absolute atomic E-state index is 12.7. The summed E-state index contributed by atoms with van der Waals surface area (Å²) < 4.78 is 42.3. The number of benzene rings is 1. The number of nitrogens with one attached hydrogen (secondary N) is 3. The molecular weight excluding hydrogens is 409 g/mol. The van der Waals surface area contributed by atoms with Crippen LogP contribution in [0.4, 0.5) is 13.2 Å². The molecule has 0 aromatic heterocycles. The Kier molecular flexibility index (Phi) is 7.33. The molecule has 31 heavy (non-hydrogen) atoms. The van der Waals surface area contributed by atoms with Crippen molar-refractivity contribution in [3.05, 3.63) is 29.8 Å². The lowest BCUT2D eigenvalue weighted by Crippen LogP contribution is -2.48. The number of halogens is 3. The van der Waals surface area contributed by atoms with Crippen LogP contribution in [0.2, 0.25) is 0 Å². The number of guanidine groups is 1. The molecule has 2 fully saturated rings. The van der Waals surface area contributed by atoms with Gasteiger partial charge in [0.25, 0.3) is 0 Å². The van der Waals surface area contributed by atoms with E-state index in [1.54, 1.807) is 19.2 Å². The number of carbonyl (C=O) groups excluding carboxylic acids is 1. The summed E-state index contributed by atoms with van der Waals surface area (Å²) in [5, 5.41) is 9.68. The van der Waals surface area contributed by atoms with Crippen LogP contribution in [0.1, 0.15) is 57.4 Å². The van der Waals surface area contributed by atoms with Crippen molar-refractivity contribution >= 4 is 11.9 Å². The van der Waals surface area contributed by atoms with E-state index in [2.05, 4.69) is 25.7 Å². The van der Waals surface area contributed by atoms with E-state index in [1.165, 1.54) is 12.1 Å². The van der Waals surface area contributed by atoms with E-state index < -0.39 is 6.36 Å². The van der Waals surface area contributed by atoms with Crippen LogP contribution in [0, 0.1) is 5.92 Å². The average Bonchev–Trinajstić information content (AvgIpc) is 3.45. The Labute approximate surface area is 181 Å². The van der Waals surface area contributed by atoms with E-state index in [9.17, 15) is 18.0 Å². The minimum atomic E-state index is -4.72. The number of nitrogens with zero attached hydrogens (tertiary/aromatic N) is 1. The molecule has 3 rings (SSSR count). The zero-order valence-corrected chi connectivity index (χ0v) is 18.1. The second-order valence-corrected chi connectivity index (χ2v) is 8.62. The Bertz CT molecular complexity index is 797. The number of aliphatic imine (C=N–C) groups is 1. The fourth-order valence-electron chi connectivity index (χ4n) is 4.20. The lowest BCUT2D eigenvalue weighted by molar-refractivity contribution is -0.274. The van der Waals surface area contributed by atoms with Crippen molar-refractivity contribution in [2.45, 2.75) is 76.4 Å². The zero-order valence-electron chi connectivity index (χ0n) is 18.1. The number of carbonyl (C=O) groups is 1. The van der Waals surface area contributed by atoms with Crippen molar-refractivity contribution in [2.24, 2.45) is 10.9 Å². The van der Waals surface area contributed by atoms with Crippen LogP contribution in [0.15, 0.2) is 29.3 Å². The summed E-state index contributed by atoms with van der Waals surface area (Å²) in [6, 6.07) is 6.48. The molecule has 4 unspecified atom stereocenters. The second kappa shape index (κ2) is 9.78. The maximum Gasteiger partial charge on any atom is 0.573 e. The fourth-order valence-corrected chi connectivity index (χ4v) is 4.20. The Hall–Kier alpha value is -2.45. The molecule has 2 aliphatic rings. The fraction of sp³-hybridized carbons (Fsp3) is 0.636. The molecule has 0 heterocycles. The van der Waals surface area contributed by atoms with Crippen molar-refractivity contribution in [3.63, 3.8) is 0 Å². The van der Waals surface area contributed by atoms with Gasteiger partial charge in [-0.05, 0) is 51.2 Å². The first kappa shape index (κ1) is 23.2. The van der Waals surface area contributed by atoms with Crippen molar-refractivity contribution in [2.75, 3.05) is 7.05 Å². The van der Waals surface area contributed by atoms with Gasteiger partial charge in [0, 0.05) is 37.0 Å². The largest absolute Gasteiger partial charge is 0.573 e. The molecule has 0 bridgehead atoms. The molecule has 3 N–H and O–H groups in total. The minimum absolute atomic E-state index is 0.0205. The van der Waals surface area contributed by atoms with Gasteiger partial charge in [-0.15, -0.1) is 13.2 Å². The van der Waals surface area contributed by atoms with Gasteiger partial charge in [-0.25, -0.2) is 0 Å². The summed E-state index contributed by atoms with van der Waals surface area (Å²) in [4.78, 5) is 16.6. The van der Waals surface area contributed by atoms with E-state index in [1.807, 2.05) is 13.8 Å². The first-order valence-electron chi connectivity index (χ1n) is 10.8. The topological polar surface area (TPSA) is 74.8 Å². The van der Waals surface area contributed by atoms with Gasteiger partial charge in [-0.2, -0.15) is 0 Å². The third kappa shape index (κ3) is 6.77. The van der Waals surface area contributed by atoms with Gasteiger partial charge in [-0.1, -0.05) is 24.6 Å². The van der Waals surface area contributed by atoms with Crippen LogP contribution in [0.5, 0.6) is 5.75 Å². The predicted molar refractivity (Wildman–Crippen MR) is 113 cm³/mol. The number of alkyl halides is 3. The summed E-state index contributed by atoms with van der Waals surface area (Å²) in [5.74, 6) is 0.447. The standard InChI is InChI=1S/C22H31F3N4O2/c1-13(2)27-20(30)14-7-6-8-15(11-14)28-21(26-3)29-18-12-17(18)16-9-4-5-10-19(16)31-22(23,24)25/h4-5,9-10,13-15,17-18H,6-8,11-12H2,1-3H3,(H,27,30)(H2,26,28,29). The summed E-state index contributed by atoms with van der Waals surface area (Å²) in [6.07, 6.45) is -0.505. The first-order valence-corrected chi connectivity index (χ1v) is 10.8. The molecule has 6 nitrogen and oxygen atoms in total. The summed E-state index contributed by atoms with van der Waals surface area (Å²) in [6.45, 7) is 3.90. The molecule has 2 aliphatic carbocycles. The lowest BCUT2D eigenvalue weighted by Gasteiger charge is -2.30.